The minimum Gasteiger partial charge on any atom is -0.294 e. The van der Waals surface area contributed by atoms with Crippen LogP contribution in [0.15, 0.2) is 28.6 Å². The largest absolute Gasteiger partial charge is 0.294 e. The van der Waals surface area contributed by atoms with Crippen molar-refractivity contribution in [2.24, 2.45) is 11.8 Å². The third-order valence-electron chi connectivity index (χ3n) is 2.82. The number of thioether (sulfide) groups is 1. The van der Waals surface area contributed by atoms with Crippen molar-refractivity contribution in [3.63, 3.8) is 0 Å². The molecule has 3 N–H and O–H groups in total. The van der Waals surface area contributed by atoms with Crippen LogP contribution in [0.4, 0.5) is 0 Å². The Bertz CT molecular complexity index is 522. The summed E-state index contributed by atoms with van der Waals surface area (Å²) in [5.41, 5.74) is 3.20. The van der Waals surface area contributed by atoms with Crippen LogP contribution >= 0.6 is 23.1 Å². The fraction of sp³-hybridized carbons (Fsp3) is 0.333. The molecule has 0 aliphatic carbocycles. The van der Waals surface area contributed by atoms with Crippen molar-refractivity contribution in [2.45, 2.75) is 23.4 Å². The van der Waals surface area contributed by atoms with Crippen LogP contribution in [0.25, 0.3) is 10.2 Å². The second-order valence-electron chi connectivity index (χ2n) is 4.07. The zero-order chi connectivity index (χ0) is 13.1. The number of benzene rings is 1. The van der Waals surface area contributed by atoms with Crippen LogP contribution in [0.2, 0.25) is 0 Å². The van der Waals surface area contributed by atoms with Crippen molar-refractivity contribution in [3.8, 4) is 0 Å². The molecule has 0 bridgehead atoms. The van der Waals surface area contributed by atoms with Crippen LogP contribution in [0.5, 0.6) is 0 Å². The van der Waals surface area contributed by atoms with E-state index >= 15 is 0 Å². The molecule has 96 valence electrons. The van der Waals surface area contributed by atoms with Gasteiger partial charge in [-0.25, -0.2) is 10.8 Å². The number of carbonyl (C=O) groups excluding carboxylic acids is 1. The molecule has 2 atom stereocenters. The van der Waals surface area contributed by atoms with Crippen LogP contribution in [0.3, 0.4) is 0 Å². The number of amides is 1. The molecule has 0 spiro atoms. The second-order valence-corrected chi connectivity index (χ2v) is 6.72. The van der Waals surface area contributed by atoms with Gasteiger partial charge in [-0.1, -0.05) is 37.7 Å². The summed E-state index contributed by atoms with van der Waals surface area (Å²) >= 11 is 3.26. The molecule has 2 aromatic rings. The lowest BCUT2D eigenvalue weighted by molar-refractivity contribution is -0.124. The van der Waals surface area contributed by atoms with Crippen molar-refractivity contribution in [3.05, 3.63) is 24.3 Å². The van der Waals surface area contributed by atoms with Crippen molar-refractivity contribution in [1.29, 1.82) is 0 Å². The topological polar surface area (TPSA) is 68.0 Å². The molecule has 6 heteroatoms. The first-order valence-electron chi connectivity index (χ1n) is 5.64. The molecule has 1 heterocycles. The van der Waals surface area contributed by atoms with Crippen LogP contribution in [0, 0.1) is 5.92 Å². The number of para-hydroxylation sites is 1. The molecule has 0 saturated carbocycles. The van der Waals surface area contributed by atoms with Gasteiger partial charge in [-0.05, 0) is 12.1 Å². The first kappa shape index (κ1) is 13.3. The van der Waals surface area contributed by atoms with Gasteiger partial charge in [0.25, 0.3) is 0 Å². The van der Waals surface area contributed by atoms with E-state index in [0.717, 1.165) is 9.86 Å². The summed E-state index contributed by atoms with van der Waals surface area (Å²) in [6.07, 6.45) is 0. The maximum Gasteiger partial charge on any atom is 0.237 e. The fourth-order valence-corrected chi connectivity index (χ4v) is 3.92. The summed E-state index contributed by atoms with van der Waals surface area (Å²) in [5.74, 6) is 4.85. The summed E-state index contributed by atoms with van der Waals surface area (Å²) < 4.78 is 2.16. The molecule has 1 aromatic heterocycles. The van der Waals surface area contributed by atoms with Crippen LogP contribution in [-0.4, -0.2) is 16.1 Å². The van der Waals surface area contributed by atoms with E-state index in [1.54, 1.807) is 23.1 Å². The first-order chi connectivity index (χ1) is 8.61. The highest BCUT2D eigenvalue weighted by Crippen LogP contribution is 2.34. The number of hydrazine groups is 1. The number of aromatic nitrogens is 1. The van der Waals surface area contributed by atoms with Gasteiger partial charge in [-0.2, -0.15) is 0 Å². The third kappa shape index (κ3) is 2.82. The van der Waals surface area contributed by atoms with Crippen molar-refractivity contribution in [2.75, 3.05) is 0 Å². The molecule has 0 aliphatic rings. The molecule has 1 aromatic carbocycles. The summed E-state index contributed by atoms with van der Waals surface area (Å²) in [7, 11) is 0. The molecule has 0 saturated heterocycles. The SMILES string of the molecule is CC(Sc1nc2ccccc2s1)C(C)C(=O)NN. The third-order valence-corrected chi connectivity index (χ3v) is 5.26. The zero-order valence-electron chi connectivity index (χ0n) is 10.2. The first-order valence-corrected chi connectivity index (χ1v) is 7.34. The van der Waals surface area contributed by atoms with E-state index in [1.807, 2.05) is 32.0 Å². The smallest absolute Gasteiger partial charge is 0.237 e. The molecule has 18 heavy (non-hydrogen) atoms. The van der Waals surface area contributed by atoms with E-state index < -0.39 is 0 Å². The molecular weight excluding hydrogens is 266 g/mol. The Kier molecular flexibility index (Phi) is 4.21. The van der Waals surface area contributed by atoms with Gasteiger partial charge >= 0.3 is 0 Å². The van der Waals surface area contributed by atoms with Gasteiger partial charge < -0.3 is 0 Å². The Morgan fingerprint density at radius 1 is 1.44 bits per heavy atom. The Labute approximate surface area is 114 Å². The maximum absolute atomic E-state index is 11.4. The van der Waals surface area contributed by atoms with Crippen molar-refractivity contribution in [1.82, 2.24) is 10.4 Å². The van der Waals surface area contributed by atoms with Gasteiger partial charge in [0, 0.05) is 11.2 Å². The van der Waals surface area contributed by atoms with E-state index in [-0.39, 0.29) is 17.1 Å². The van der Waals surface area contributed by atoms with E-state index in [0.29, 0.717) is 0 Å². The van der Waals surface area contributed by atoms with Gasteiger partial charge in [0.1, 0.15) is 0 Å². The Morgan fingerprint density at radius 2 is 2.17 bits per heavy atom. The molecule has 2 rings (SSSR count). The van der Waals surface area contributed by atoms with E-state index in [9.17, 15) is 4.79 Å². The van der Waals surface area contributed by atoms with Gasteiger partial charge in [0.15, 0.2) is 4.34 Å². The minimum atomic E-state index is -0.146. The molecule has 0 radical (unpaired) electrons. The van der Waals surface area contributed by atoms with Crippen LogP contribution < -0.4 is 11.3 Å². The molecule has 0 aliphatic heterocycles. The van der Waals surface area contributed by atoms with Crippen molar-refractivity contribution >= 4 is 39.2 Å². The lowest BCUT2D eigenvalue weighted by Crippen LogP contribution is -2.38. The summed E-state index contributed by atoms with van der Waals surface area (Å²) in [6.45, 7) is 3.88. The monoisotopic (exact) mass is 281 g/mol. The number of thiazole rings is 1. The number of nitrogens with two attached hydrogens (primary N) is 1. The van der Waals surface area contributed by atoms with Crippen LogP contribution in [0.1, 0.15) is 13.8 Å². The maximum atomic E-state index is 11.4. The zero-order valence-corrected chi connectivity index (χ0v) is 11.8. The molecule has 0 fully saturated rings. The quantitative estimate of drug-likeness (QED) is 0.391. The lowest BCUT2D eigenvalue weighted by Gasteiger charge is -2.16. The minimum absolute atomic E-state index is 0.133. The summed E-state index contributed by atoms with van der Waals surface area (Å²) in [6, 6.07) is 8.03. The van der Waals surface area contributed by atoms with Crippen molar-refractivity contribution < 1.29 is 4.79 Å². The Balaban J connectivity index is 2.11. The Hall–Kier alpha value is -1.11. The summed E-state index contributed by atoms with van der Waals surface area (Å²) in [4.78, 5) is 16.0. The highest BCUT2D eigenvalue weighted by Gasteiger charge is 2.21. The van der Waals surface area contributed by atoms with Gasteiger partial charge in [-0.15, -0.1) is 11.3 Å². The standard InChI is InChI=1S/C12H15N3OS2/c1-7(11(16)15-13)8(2)17-12-14-9-5-3-4-6-10(9)18-12/h3-8H,13H2,1-2H3,(H,15,16). The fourth-order valence-electron chi connectivity index (χ4n) is 1.51. The molecular formula is C12H15N3OS2. The average Bonchev–Trinajstić information content (AvgIpc) is 2.78. The molecule has 4 nitrogen and oxygen atoms in total. The molecule has 2 unspecified atom stereocenters. The summed E-state index contributed by atoms with van der Waals surface area (Å²) in [5, 5.41) is 0.133. The van der Waals surface area contributed by atoms with E-state index in [4.69, 9.17) is 5.84 Å². The number of hydrogen-bond acceptors (Lipinski definition) is 5. The second kappa shape index (κ2) is 5.69. The number of carbonyl (C=O) groups is 1. The highest BCUT2D eigenvalue weighted by molar-refractivity contribution is 8.01. The predicted octanol–water partition coefficient (Wildman–Crippen LogP) is 2.40. The molecule has 1 amide bonds. The van der Waals surface area contributed by atoms with Crippen LogP contribution in [-0.2, 0) is 4.79 Å². The number of nitrogens with zero attached hydrogens (tertiary/aromatic N) is 1. The number of fused-ring (bicyclic) bond motifs is 1. The van der Waals surface area contributed by atoms with Gasteiger partial charge in [0.05, 0.1) is 10.2 Å². The highest BCUT2D eigenvalue weighted by atomic mass is 32.2. The van der Waals surface area contributed by atoms with Gasteiger partial charge in [-0.3, -0.25) is 10.2 Å². The average molecular weight is 281 g/mol. The number of hydrogen-bond donors (Lipinski definition) is 2. The van der Waals surface area contributed by atoms with Gasteiger partial charge in [0.2, 0.25) is 5.91 Å². The lowest BCUT2D eigenvalue weighted by atomic mass is 10.1. The Morgan fingerprint density at radius 3 is 2.83 bits per heavy atom. The normalized spacial score (nSPS) is 14.4. The number of rotatable bonds is 4. The van der Waals surface area contributed by atoms with E-state index in [2.05, 4.69) is 16.5 Å². The number of nitrogens with one attached hydrogen (secondary N) is 1. The van der Waals surface area contributed by atoms with E-state index in [1.165, 1.54) is 4.70 Å². The predicted molar refractivity (Wildman–Crippen MR) is 76.4 cm³/mol.